The van der Waals surface area contributed by atoms with Crippen molar-refractivity contribution in [2.24, 2.45) is 10.7 Å². The molecule has 2 N–H and O–H groups in total. The van der Waals surface area contributed by atoms with Gasteiger partial charge in [-0.05, 0) is 24.5 Å². The fourth-order valence-electron chi connectivity index (χ4n) is 1.32. The molecule has 0 aliphatic carbocycles. The van der Waals surface area contributed by atoms with Gasteiger partial charge in [-0.15, -0.1) is 0 Å². The van der Waals surface area contributed by atoms with Crippen LogP contribution in [0.1, 0.15) is 24.5 Å². The maximum atomic E-state index is 5.63. The molecule has 0 fully saturated rings. The monoisotopic (exact) mass is 190 g/mol. The second-order valence-electron chi connectivity index (χ2n) is 3.40. The normalized spacial score (nSPS) is 11.7. The first-order chi connectivity index (χ1) is 6.74. The molecule has 0 heterocycles. The van der Waals surface area contributed by atoms with Crippen molar-refractivity contribution in [3.8, 4) is 0 Å². The fraction of sp³-hybridized carbons (Fsp3) is 0.417. The molecule has 2 heteroatoms. The van der Waals surface area contributed by atoms with Gasteiger partial charge in [0.15, 0.2) is 0 Å². The molecule has 0 saturated carbocycles. The maximum Gasteiger partial charge on any atom is 0.0934 e. The molecule has 1 rings (SSSR count). The highest BCUT2D eigenvalue weighted by Gasteiger charge is 1.95. The van der Waals surface area contributed by atoms with Gasteiger partial charge in [-0.3, -0.25) is 4.99 Å². The second kappa shape index (κ2) is 5.43. The van der Waals surface area contributed by atoms with E-state index in [0.717, 1.165) is 25.2 Å². The van der Waals surface area contributed by atoms with E-state index in [4.69, 9.17) is 5.73 Å². The highest BCUT2D eigenvalue weighted by atomic mass is 14.8. The predicted molar refractivity (Wildman–Crippen MR) is 61.7 cm³/mol. The van der Waals surface area contributed by atoms with E-state index < -0.39 is 0 Å². The molecule has 0 aliphatic rings. The molecular weight excluding hydrogens is 172 g/mol. The van der Waals surface area contributed by atoms with Crippen LogP contribution < -0.4 is 5.73 Å². The van der Waals surface area contributed by atoms with Crippen LogP contribution >= 0.6 is 0 Å². The number of hydrogen-bond donors (Lipinski definition) is 1. The van der Waals surface area contributed by atoms with Gasteiger partial charge in [0.05, 0.1) is 5.84 Å². The highest BCUT2D eigenvalue weighted by Crippen LogP contribution is 2.07. The topological polar surface area (TPSA) is 38.4 Å². The van der Waals surface area contributed by atoms with Gasteiger partial charge in [-0.1, -0.05) is 31.2 Å². The SMILES string of the molecule is CCC(N)=NCCc1ccccc1C. The molecule has 76 valence electrons. The molecule has 0 bridgehead atoms. The summed E-state index contributed by atoms with van der Waals surface area (Å²) >= 11 is 0. The van der Waals surface area contributed by atoms with Gasteiger partial charge in [0, 0.05) is 13.0 Å². The summed E-state index contributed by atoms with van der Waals surface area (Å²) in [4.78, 5) is 4.27. The van der Waals surface area contributed by atoms with Gasteiger partial charge in [-0.25, -0.2) is 0 Å². The predicted octanol–water partition coefficient (Wildman–Crippen LogP) is 2.30. The summed E-state index contributed by atoms with van der Waals surface area (Å²) in [6.45, 7) is 4.94. The van der Waals surface area contributed by atoms with Crippen molar-refractivity contribution in [2.75, 3.05) is 6.54 Å². The Labute approximate surface area is 85.9 Å². The van der Waals surface area contributed by atoms with Gasteiger partial charge in [0.2, 0.25) is 0 Å². The van der Waals surface area contributed by atoms with Gasteiger partial charge >= 0.3 is 0 Å². The van der Waals surface area contributed by atoms with Gasteiger partial charge in [-0.2, -0.15) is 0 Å². The molecule has 0 unspecified atom stereocenters. The van der Waals surface area contributed by atoms with Crippen LogP contribution in [0.4, 0.5) is 0 Å². The van der Waals surface area contributed by atoms with Crippen molar-refractivity contribution in [3.63, 3.8) is 0 Å². The van der Waals surface area contributed by atoms with E-state index in [1.165, 1.54) is 11.1 Å². The summed E-state index contributed by atoms with van der Waals surface area (Å²) in [5, 5.41) is 0. The number of aryl methyl sites for hydroxylation is 1. The Morgan fingerprint density at radius 1 is 1.36 bits per heavy atom. The lowest BCUT2D eigenvalue weighted by atomic mass is 10.1. The van der Waals surface area contributed by atoms with Crippen molar-refractivity contribution in [1.29, 1.82) is 0 Å². The minimum absolute atomic E-state index is 0.749. The molecule has 0 aliphatic heterocycles. The molecule has 0 saturated heterocycles. The zero-order valence-corrected chi connectivity index (χ0v) is 8.96. The van der Waals surface area contributed by atoms with Gasteiger partial charge < -0.3 is 5.73 Å². The Bertz CT molecular complexity index is 316. The minimum atomic E-state index is 0.749. The largest absolute Gasteiger partial charge is 0.387 e. The summed E-state index contributed by atoms with van der Waals surface area (Å²) in [7, 11) is 0. The number of benzene rings is 1. The Hall–Kier alpha value is -1.31. The minimum Gasteiger partial charge on any atom is -0.387 e. The molecule has 0 spiro atoms. The molecule has 0 radical (unpaired) electrons. The van der Waals surface area contributed by atoms with Crippen molar-refractivity contribution in [2.45, 2.75) is 26.7 Å². The third kappa shape index (κ3) is 3.21. The Balaban J connectivity index is 2.50. The number of amidine groups is 1. The average molecular weight is 190 g/mol. The van der Waals surface area contributed by atoms with E-state index in [9.17, 15) is 0 Å². The van der Waals surface area contributed by atoms with Crippen LogP contribution in [-0.4, -0.2) is 12.4 Å². The average Bonchev–Trinajstić information content (AvgIpc) is 2.20. The first-order valence-electron chi connectivity index (χ1n) is 5.07. The first kappa shape index (κ1) is 10.8. The van der Waals surface area contributed by atoms with E-state index in [1.807, 2.05) is 6.92 Å². The summed E-state index contributed by atoms with van der Waals surface area (Å²) < 4.78 is 0. The van der Waals surface area contributed by atoms with Crippen molar-refractivity contribution in [3.05, 3.63) is 35.4 Å². The van der Waals surface area contributed by atoms with Crippen molar-refractivity contribution in [1.82, 2.24) is 0 Å². The highest BCUT2D eigenvalue weighted by molar-refractivity contribution is 5.79. The Morgan fingerprint density at radius 2 is 2.07 bits per heavy atom. The molecule has 1 aromatic rings. The molecule has 2 nitrogen and oxygen atoms in total. The number of aliphatic imine (C=N–C) groups is 1. The van der Waals surface area contributed by atoms with Gasteiger partial charge in [0.25, 0.3) is 0 Å². The van der Waals surface area contributed by atoms with E-state index in [1.54, 1.807) is 0 Å². The molecule has 14 heavy (non-hydrogen) atoms. The zero-order chi connectivity index (χ0) is 10.4. The lowest BCUT2D eigenvalue weighted by Crippen LogP contribution is -2.10. The second-order valence-corrected chi connectivity index (χ2v) is 3.40. The number of nitrogens with two attached hydrogens (primary N) is 1. The molecule has 0 amide bonds. The summed E-state index contributed by atoms with van der Waals surface area (Å²) in [5.41, 5.74) is 8.32. The van der Waals surface area contributed by atoms with Crippen LogP contribution in [0.2, 0.25) is 0 Å². The zero-order valence-electron chi connectivity index (χ0n) is 8.96. The smallest absolute Gasteiger partial charge is 0.0934 e. The van der Waals surface area contributed by atoms with Crippen molar-refractivity contribution >= 4 is 5.84 Å². The van der Waals surface area contributed by atoms with Crippen LogP contribution in [0.5, 0.6) is 0 Å². The third-order valence-electron chi connectivity index (χ3n) is 2.32. The standard InChI is InChI=1S/C12H18N2/c1-3-12(13)14-9-8-11-7-5-4-6-10(11)2/h4-7H,3,8-9H2,1-2H3,(H2,13,14). The van der Waals surface area contributed by atoms with Crippen molar-refractivity contribution < 1.29 is 0 Å². The first-order valence-corrected chi connectivity index (χ1v) is 5.07. The fourth-order valence-corrected chi connectivity index (χ4v) is 1.32. The quantitative estimate of drug-likeness (QED) is 0.574. The molecular formula is C12H18N2. The van der Waals surface area contributed by atoms with Gasteiger partial charge in [0.1, 0.15) is 0 Å². The number of hydrogen-bond acceptors (Lipinski definition) is 1. The van der Waals surface area contributed by atoms with E-state index in [2.05, 4.69) is 36.2 Å². The van der Waals surface area contributed by atoms with E-state index >= 15 is 0 Å². The van der Waals surface area contributed by atoms with Crippen LogP contribution in [0.25, 0.3) is 0 Å². The van der Waals surface area contributed by atoms with Crippen LogP contribution in [-0.2, 0) is 6.42 Å². The Morgan fingerprint density at radius 3 is 2.71 bits per heavy atom. The molecule has 0 aromatic heterocycles. The van der Waals surface area contributed by atoms with Crippen LogP contribution in [0.3, 0.4) is 0 Å². The summed E-state index contributed by atoms with van der Waals surface area (Å²) in [5.74, 6) is 0.749. The van der Waals surface area contributed by atoms with Crippen LogP contribution in [0, 0.1) is 6.92 Å². The molecule has 1 aromatic carbocycles. The summed E-state index contributed by atoms with van der Waals surface area (Å²) in [6.07, 6.45) is 1.82. The summed E-state index contributed by atoms with van der Waals surface area (Å²) in [6, 6.07) is 8.40. The van der Waals surface area contributed by atoms with E-state index in [-0.39, 0.29) is 0 Å². The molecule has 0 atom stereocenters. The maximum absolute atomic E-state index is 5.63. The number of nitrogens with zero attached hydrogens (tertiary/aromatic N) is 1. The number of rotatable bonds is 4. The van der Waals surface area contributed by atoms with Crippen LogP contribution in [0.15, 0.2) is 29.3 Å². The van der Waals surface area contributed by atoms with E-state index in [0.29, 0.717) is 0 Å². The lowest BCUT2D eigenvalue weighted by molar-refractivity contribution is 0.947. The Kier molecular flexibility index (Phi) is 4.17. The third-order valence-corrected chi connectivity index (χ3v) is 2.32. The lowest BCUT2D eigenvalue weighted by Gasteiger charge is -2.03.